The van der Waals surface area contributed by atoms with Crippen molar-refractivity contribution < 1.29 is 22.7 Å². The third-order valence-corrected chi connectivity index (χ3v) is 3.58. The molecule has 3 nitrogen and oxygen atoms in total. The summed E-state index contributed by atoms with van der Waals surface area (Å²) in [5, 5.41) is 3.21. The average molecular weight is 287 g/mol. The first kappa shape index (κ1) is 14.8. The highest BCUT2D eigenvalue weighted by Gasteiger charge is 2.31. The van der Waals surface area contributed by atoms with Gasteiger partial charge in [-0.15, -0.1) is 0 Å². The number of hydrogen-bond acceptors (Lipinski definition) is 3. The van der Waals surface area contributed by atoms with Crippen LogP contribution in [0.4, 0.5) is 13.2 Å². The van der Waals surface area contributed by atoms with Crippen LogP contribution < -0.4 is 5.32 Å². The van der Waals surface area contributed by atoms with E-state index in [1.165, 1.54) is 19.2 Å². The molecule has 0 saturated carbocycles. The molecule has 0 unspecified atom stereocenters. The summed E-state index contributed by atoms with van der Waals surface area (Å²) < 4.78 is 42.2. The van der Waals surface area contributed by atoms with E-state index in [1.54, 1.807) is 0 Å². The van der Waals surface area contributed by atoms with Gasteiger partial charge in [-0.2, -0.15) is 13.2 Å². The van der Waals surface area contributed by atoms with E-state index >= 15 is 0 Å². The summed E-state index contributed by atoms with van der Waals surface area (Å²) in [6.45, 7) is 0.644. The summed E-state index contributed by atoms with van der Waals surface area (Å²) in [6.07, 6.45) is -3.10. The van der Waals surface area contributed by atoms with E-state index in [2.05, 4.69) is 5.32 Å². The van der Waals surface area contributed by atoms with Crippen molar-refractivity contribution in [3.63, 3.8) is 0 Å². The average Bonchev–Trinajstić information content (AvgIpc) is 2.46. The Morgan fingerprint density at radius 2 is 1.95 bits per heavy atom. The van der Waals surface area contributed by atoms with Crippen LogP contribution in [-0.4, -0.2) is 19.6 Å². The molecule has 0 bridgehead atoms. The minimum atomic E-state index is -4.33. The lowest BCUT2D eigenvalue weighted by Crippen LogP contribution is -2.35. The Morgan fingerprint density at radius 3 is 2.50 bits per heavy atom. The Labute approximate surface area is 115 Å². The van der Waals surface area contributed by atoms with Crippen molar-refractivity contribution in [2.75, 3.05) is 13.7 Å². The minimum Gasteiger partial charge on any atom is -0.469 e. The van der Waals surface area contributed by atoms with Crippen LogP contribution in [0, 0.1) is 5.92 Å². The Hall–Kier alpha value is -1.56. The van der Waals surface area contributed by atoms with E-state index in [0.29, 0.717) is 19.4 Å². The van der Waals surface area contributed by atoms with Gasteiger partial charge in [0.05, 0.1) is 18.6 Å². The van der Waals surface area contributed by atoms with Crippen LogP contribution in [0.25, 0.3) is 0 Å². The first-order valence-electron chi connectivity index (χ1n) is 6.40. The number of carbonyl (C=O) groups is 1. The number of esters is 1. The lowest BCUT2D eigenvalue weighted by Gasteiger charge is -2.29. The number of piperidine rings is 1. The normalized spacial score (nSPS) is 23.4. The molecule has 1 saturated heterocycles. The van der Waals surface area contributed by atoms with E-state index in [9.17, 15) is 18.0 Å². The van der Waals surface area contributed by atoms with Crippen molar-refractivity contribution in [2.24, 2.45) is 5.92 Å². The number of benzene rings is 1. The smallest absolute Gasteiger partial charge is 0.416 e. The summed E-state index contributed by atoms with van der Waals surface area (Å²) >= 11 is 0. The largest absolute Gasteiger partial charge is 0.469 e. The van der Waals surface area contributed by atoms with Crippen molar-refractivity contribution in [3.8, 4) is 0 Å². The summed E-state index contributed by atoms with van der Waals surface area (Å²) in [7, 11) is 1.34. The molecular formula is C14H16F3NO2. The van der Waals surface area contributed by atoms with Gasteiger partial charge in [0.1, 0.15) is 0 Å². The number of methoxy groups -OCH3 is 1. The van der Waals surface area contributed by atoms with Gasteiger partial charge in [0, 0.05) is 6.04 Å². The molecule has 1 aromatic rings. The number of carbonyl (C=O) groups excluding carboxylic acids is 1. The highest BCUT2D eigenvalue weighted by Crippen LogP contribution is 2.32. The Balaban J connectivity index is 2.09. The zero-order valence-electron chi connectivity index (χ0n) is 11.0. The van der Waals surface area contributed by atoms with E-state index < -0.39 is 11.7 Å². The van der Waals surface area contributed by atoms with Gasteiger partial charge in [-0.3, -0.25) is 4.79 Å². The molecule has 1 aliphatic rings. The number of hydrogen-bond donors (Lipinski definition) is 1. The standard InChI is InChI=1S/C14H16F3NO2/c1-20-13(19)10-6-7-18-12(8-10)9-2-4-11(5-3-9)14(15,16)17/h2-5,10,12,18H,6-8H2,1H3/t10-,12+/m1/s1. The van der Waals surface area contributed by atoms with Crippen molar-refractivity contribution >= 4 is 5.97 Å². The second-order valence-electron chi connectivity index (χ2n) is 4.87. The molecule has 1 fully saturated rings. The van der Waals surface area contributed by atoms with Crippen LogP contribution in [-0.2, 0) is 15.7 Å². The molecule has 0 amide bonds. The molecule has 0 spiro atoms. The fourth-order valence-corrected chi connectivity index (χ4v) is 2.46. The van der Waals surface area contributed by atoms with Gasteiger partial charge in [0.25, 0.3) is 0 Å². The quantitative estimate of drug-likeness (QED) is 0.850. The van der Waals surface area contributed by atoms with Gasteiger partial charge < -0.3 is 10.1 Å². The number of alkyl halides is 3. The molecule has 1 N–H and O–H groups in total. The third kappa shape index (κ3) is 3.30. The number of ether oxygens (including phenoxy) is 1. The second kappa shape index (κ2) is 5.83. The topological polar surface area (TPSA) is 38.3 Å². The van der Waals surface area contributed by atoms with Gasteiger partial charge in [-0.05, 0) is 37.1 Å². The molecule has 1 heterocycles. The Morgan fingerprint density at radius 1 is 1.30 bits per heavy atom. The van der Waals surface area contributed by atoms with E-state index in [1.807, 2.05) is 0 Å². The molecule has 0 aromatic heterocycles. The monoisotopic (exact) mass is 287 g/mol. The van der Waals surface area contributed by atoms with E-state index in [4.69, 9.17) is 4.74 Å². The highest BCUT2D eigenvalue weighted by atomic mass is 19.4. The van der Waals surface area contributed by atoms with E-state index in [-0.39, 0.29) is 17.9 Å². The van der Waals surface area contributed by atoms with Crippen LogP contribution >= 0.6 is 0 Å². The van der Waals surface area contributed by atoms with Crippen molar-refractivity contribution in [1.29, 1.82) is 0 Å². The summed E-state index contributed by atoms with van der Waals surface area (Å²) in [5.41, 5.74) is 0.0909. The molecule has 20 heavy (non-hydrogen) atoms. The van der Waals surface area contributed by atoms with Crippen molar-refractivity contribution in [2.45, 2.75) is 25.1 Å². The van der Waals surface area contributed by atoms with Crippen LogP contribution in [0.3, 0.4) is 0 Å². The fourth-order valence-electron chi connectivity index (χ4n) is 2.46. The molecule has 0 radical (unpaired) electrons. The van der Waals surface area contributed by atoms with Crippen molar-refractivity contribution in [3.05, 3.63) is 35.4 Å². The highest BCUT2D eigenvalue weighted by molar-refractivity contribution is 5.72. The first-order chi connectivity index (χ1) is 9.41. The van der Waals surface area contributed by atoms with Gasteiger partial charge in [-0.25, -0.2) is 0 Å². The van der Waals surface area contributed by atoms with Crippen LogP contribution in [0.5, 0.6) is 0 Å². The van der Waals surface area contributed by atoms with Gasteiger partial charge in [0.2, 0.25) is 0 Å². The first-order valence-corrected chi connectivity index (χ1v) is 6.40. The molecule has 2 atom stereocenters. The summed E-state index contributed by atoms with van der Waals surface area (Å²) in [6, 6.07) is 4.94. The molecule has 110 valence electrons. The Bertz CT molecular complexity index is 470. The Kier molecular flexibility index (Phi) is 4.32. The van der Waals surface area contributed by atoms with Gasteiger partial charge in [-0.1, -0.05) is 12.1 Å². The molecule has 1 aromatic carbocycles. The molecule has 1 aliphatic heterocycles. The summed E-state index contributed by atoms with van der Waals surface area (Å²) in [5.74, 6) is -0.461. The minimum absolute atomic E-state index is 0.116. The molecular weight excluding hydrogens is 271 g/mol. The maximum Gasteiger partial charge on any atom is 0.416 e. The molecule has 0 aliphatic carbocycles. The predicted octanol–water partition coefficient (Wildman–Crippen LogP) is 2.92. The maximum atomic E-state index is 12.5. The van der Waals surface area contributed by atoms with Crippen LogP contribution in [0.1, 0.15) is 30.0 Å². The zero-order chi connectivity index (χ0) is 14.8. The van der Waals surface area contributed by atoms with Crippen LogP contribution in [0.15, 0.2) is 24.3 Å². The number of halogens is 3. The lowest BCUT2D eigenvalue weighted by molar-refractivity contribution is -0.146. The van der Waals surface area contributed by atoms with Gasteiger partial charge in [0.15, 0.2) is 0 Å². The third-order valence-electron chi connectivity index (χ3n) is 3.58. The second-order valence-corrected chi connectivity index (χ2v) is 4.87. The maximum absolute atomic E-state index is 12.5. The van der Waals surface area contributed by atoms with Gasteiger partial charge >= 0.3 is 12.1 Å². The van der Waals surface area contributed by atoms with E-state index in [0.717, 1.165) is 17.7 Å². The predicted molar refractivity (Wildman–Crippen MR) is 66.9 cm³/mol. The molecule has 6 heteroatoms. The molecule has 2 rings (SSSR count). The zero-order valence-corrected chi connectivity index (χ0v) is 11.0. The van der Waals surface area contributed by atoms with Crippen molar-refractivity contribution in [1.82, 2.24) is 5.32 Å². The number of rotatable bonds is 2. The number of nitrogens with one attached hydrogen (secondary N) is 1. The lowest BCUT2D eigenvalue weighted by atomic mass is 9.88. The fraction of sp³-hybridized carbons (Fsp3) is 0.500. The SMILES string of the molecule is COC(=O)[C@@H]1CCN[C@H](c2ccc(C(F)(F)F)cc2)C1. The summed E-state index contributed by atoms with van der Waals surface area (Å²) in [4.78, 5) is 11.5. The van der Waals surface area contributed by atoms with Crippen LogP contribution in [0.2, 0.25) is 0 Å².